The van der Waals surface area contributed by atoms with E-state index in [1.807, 2.05) is 0 Å². The quantitative estimate of drug-likeness (QED) is 0.830. The molecule has 0 aromatic heterocycles. The molecule has 17 heavy (non-hydrogen) atoms. The van der Waals surface area contributed by atoms with Crippen LogP contribution in [0.4, 0.5) is 0 Å². The molecule has 0 saturated carbocycles. The molecule has 0 aliphatic carbocycles. The number of hydrogen-bond donors (Lipinski definition) is 1. The van der Waals surface area contributed by atoms with E-state index in [1.165, 1.54) is 33.4 Å². The summed E-state index contributed by atoms with van der Waals surface area (Å²) in [5.41, 5.74) is 8.62. The fraction of sp³-hybridized carbons (Fsp3) is 0.533. The SMILES string of the molecule is Cc1c(C)c(C)c(CC2=NCCN2)c(C)c1C. The Labute approximate surface area is 104 Å². The van der Waals surface area contributed by atoms with Crippen LogP contribution in [0.3, 0.4) is 0 Å². The van der Waals surface area contributed by atoms with Crippen LogP contribution in [0.5, 0.6) is 0 Å². The van der Waals surface area contributed by atoms with E-state index in [0.29, 0.717) is 0 Å². The van der Waals surface area contributed by atoms with E-state index in [1.54, 1.807) is 0 Å². The minimum absolute atomic E-state index is 0.928. The van der Waals surface area contributed by atoms with Gasteiger partial charge in [-0.25, -0.2) is 0 Å². The highest BCUT2D eigenvalue weighted by molar-refractivity contribution is 5.86. The summed E-state index contributed by atoms with van der Waals surface area (Å²) in [6.07, 6.45) is 0.958. The highest BCUT2D eigenvalue weighted by atomic mass is 15.1. The first-order valence-electron chi connectivity index (χ1n) is 6.35. The second-order valence-corrected chi connectivity index (χ2v) is 5.04. The van der Waals surface area contributed by atoms with Gasteiger partial charge in [-0.05, 0) is 68.0 Å². The third-order valence-electron chi connectivity index (χ3n) is 4.24. The highest BCUT2D eigenvalue weighted by Gasteiger charge is 2.15. The summed E-state index contributed by atoms with van der Waals surface area (Å²) in [7, 11) is 0. The molecule has 1 N–H and O–H groups in total. The van der Waals surface area contributed by atoms with Gasteiger partial charge in [0, 0.05) is 13.0 Å². The zero-order valence-electron chi connectivity index (χ0n) is 11.6. The van der Waals surface area contributed by atoms with Crippen LogP contribution in [0.15, 0.2) is 4.99 Å². The number of hydrogen-bond acceptors (Lipinski definition) is 2. The van der Waals surface area contributed by atoms with E-state index in [-0.39, 0.29) is 0 Å². The first-order chi connectivity index (χ1) is 8.02. The molecular formula is C15H22N2. The van der Waals surface area contributed by atoms with Crippen molar-refractivity contribution in [2.24, 2.45) is 4.99 Å². The van der Waals surface area contributed by atoms with Crippen molar-refractivity contribution in [3.05, 3.63) is 33.4 Å². The Balaban J connectivity index is 2.46. The van der Waals surface area contributed by atoms with Crippen molar-refractivity contribution in [2.45, 2.75) is 41.0 Å². The van der Waals surface area contributed by atoms with Gasteiger partial charge < -0.3 is 5.32 Å². The Bertz CT molecular complexity index is 455. The number of nitrogens with zero attached hydrogens (tertiary/aromatic N) is 1. The van der Waals surface area contributed by atoms with Gasteiger partial charge in [0.25, 0.3) is 0 Å². The van der Waals surface area contributed by atoms with E-state index < -0.39 is 0 Å². The van der Waals surface area contributed by atoms with Gasteiger partial charge >= 0.3 is 0 Å². The molecule has 2 heteroatoms. The minimum atomic E-state index is 0.928. The van der Waals surface area contributed by atoms with Gasteiger partial charge in [-0.2, -0.15) is 0 Å². The van der Waals surface area contributed by atoms with Crippen molar-refractivity contribution in [1.82, 2.24) is 5.32 Å². The lowest BCUT2D eigenvalue weighted by Gasteiger charge is -2.18. The molecule has 2 nitrogen and oxygen atoms in total. The third-order valence-corrected chi connectivity index (χ3v) is 4.24. The molecule has 2 rings (SSSR count). The van der Waals surface area contributed by atoms with Gasteiger partial charge in [-0.15, -0.1) is 0 Å². The predicted octanol–water partition coefficient (Wildman–Crippen LogP) is 2.77. The Morgan fingerprint density at radius 3 is 1.88 bits per heavy atom. The number of nitrogens with one attached hydrogen (secondary N) is 1. The molecule has 1 aliphatic rings. The normalized spacial score (nSPS) is 14.8. The molecule has 0 fully saturated rings. The summed E-state index contributed by atoms with van der Waals surface area (Å²) in [5.74, 6) is 1.15. The lowest BCUT2D eigenvalue weighted by atomic mass is 9.88. The predicted molar refractivity (Wildman–Crippen MR) is 74.1 cm³/mol. The van der Waals surface area contributed by atoms with E-state index >= 15 is 0 Å². The highest BCUT2D eigenvalue weighted by Crippen LogP contribution is 2.26. The molecular weight excluding hydrogens is 208 g/mol. The molecule has 92 valence electrons. The van der Waals surface area contributed by atoms with E-state index in [9.17, 15) is 0 Å². The molecule has 0 saturated heterocycles. The monoisotopic (exact) mass is 230 g/mol. The number of aliphatic imine (C=N–C) groups is 1. The second-order valence-electron chi connectivity index (χ2n) is 5.04. The third kappa shape index (κ3) is 2.08. The topological polar surface area (TPSA) is 24.4 Å². The van der Waals surface area contributed by atoms with Crippen LogP contribution >= 0.6 is 0 Å². The molecule has 0 radical (unpaired) electrons. The number of amidine groups is 1. The Kier molecular flexibility index (Phi) is 3.23. The second kappa shape index (κ2) is 4.52. The summed E-state index contributed by atoms with van der Waals surface area (Å²) >= 11 is 0. The maximum absolute atomic E-state index is 4.50. The number of benzene rings is 1. The average molecular weight is 230 g/mol. The first-order valence-corrected chi connectivity index (χ1v) is 6.35. The fourth-order valence-electron chi connectivity index (χ4n) is 2.58. The summed E-state index contributed by atoms with van der Waals surface area (Å²) in [6.45, 7) is 13.1. The summed E-state index contributed by atoms with van der Waals surface area (Å²) < 4.78 is 0. The first kappa shape index (κ1) is 12.2. The van der Waals surface area contributed by atoms with Crippen LogP contribution in [0.25, 0.3) is 0 Å². The van der Waals surface area contributed by atoms with Crippen molar-refractivity contribution >= 4 is 5.84 Å². The smallest absolute Gasteiger partial charge is 0.101 e. The maximum atomic E-state index is 4.50. The van der Waals surface area contributed by atoms with E-state index in [2.05, 4.69) is 44.9 Å². The average Bonchev–Trinajstić information content (AvgIpc) is 2.82. The Morgan fingerprint density at radius 2 is 1.41 bits per heavy atom. The van der Waals surface area contributed by atoms with Crippen molar-refractivity contribution in [2.75, 3.05) is 13.1 Å². The summed E-state index contributed by atoms with van der Waals surface area (Å²) in [4.78, 5) is 4.50. The van der Waals surface area contributed by atoms with Crippen molar-refractivity contribution in [3.63, 3.8) is 0 Å². The zero-order valence-corrected chi connectivity index (χ0v) is 11.6. The molecule has 0 amide bonds. The molecule has 0 unspecified atom stereocenters. The molecule has 0 bridgehead atoms. The van der Waals surface area contributed by atoms with Crippen molar-refractivity contribution < 1.29 is 0 Å². The van der Waals surface area contributed by atoms with Gasteiger partial charge in [0.15, 0.2) is 0 Å². The largest absolute Gasteiger partial charge is 0.372 e. The summed E-state index contributed by atoms with van der Waals surface area (Å²) in [5, 5.41) is 3.36. The van der Waals surface area contributed by atoms with Crippen LogP contribution in [0.2, 0.25) is 0 Å². The van der Waals surface area contributed by atoms with Gasteiger partial charge in [0.1, 0.15) is 5.84 Å². The molecule has 0 spiro atoms. The van der Waals surface area contributed by atoms with Crippen molar-refractivity contribution in [1.29, 1.82) is 0 Å². The van der Waals surface area contributed by atoms with Gasteiger partial charge in [0.05, 0.1) is 6.54 Å². The molecule has 0 atom stereocenters. The fourth-order valence-corrected chi connectivity index (χ4v) is 2.58. The van der Waals surface area contributed by atoms with E-state index in [0.717, 1.165) is 25.3 Å². The van der Waals surface area contributed by atoms with E-state index in [4.69, 9.17) is 0 Å². The maximum Gasteiger partial charge on any atom is 0.101 e. The Hall–Kier alpha value is -1.31. The van der Waals surface area contributed by atoms with Gasteiger partial charge in [-0.1, -0.05) is 0 Å². The number of rotatable bonds is 2. The van der Waals surface area contributed by atoms with Crippen LogP contribution in [0, 0.1) is 34.6 Å². The van der Waals surface area contributed by atoms with Crippen LogP contribution < -0.4 is 5.32 Å². The molecule has 1 aromatic rings. The van der Waals surface area contributed by atoms with Crippen LogP contribution in [-0.2, 0) is 6.42 Å². The van der Waals surface area contributed by atoms with Crippen LogP contribution in [-0.4, -0.2) is 18.9 Å². The van der Waals surface area contributed by atoms with Crippen molar-refractivity contribution in [3.8, 4) is 0 Å². The lowest BCUT2D eigenvalue weighted by Crippen LogP contribution is -2.22. The minimum Gasteiger partial charge on any atom is -0.372 e. The van der Waals surface area contributed by atoms with Gasteiger partial charge in [-0.3, -0.25) is 4.99 Å². The van der Waals surface area contributed by atoms with Gasteiger partial charge in [0.2, 0.25) is 0 Å². The summed E-state index contributed by atoms with van der Waals surface area (Å²) in [6, 6.07) is 0. The molecule has 1 heterocycles. The zero-order chi connectivity index (χ0) is 12.6. The Morgan fingerprint density at radius 1 is 0.882 bits per heavy atom. The molecule has 1 aliphatic heterocycles. The van der Waals surface area contributed by atoms with Crippen LogP contribution in [0.1, 0.15) is 33.4 Å². The standard InChI is InChI=1S/C15H22N2/c1-9-10(2)12(4)14(13(5)11(9)3)8-15-16-6-7-17-15/h6-8H2,1-5H3,(H,16,17). The molecule has 1 aromatic carbocycles. The lowest BCUT2D eigenvalue weighted by molar-refractivity contribution is 0.951.